The number of phenolic OH excluding ortho intramolecular Hbond substituents is 1. The molecule has 4 rings (SSSR count). The molecule has 146 valence electrons. The molecule has 1 heterocycles. The standard InChI is InChI=1S/C22H17BrN2O4/c1-13-2-6-16(7-3-13)28-12-21(27)24-15-5-9-20-18(11-15)25-22(29-20)14-4-8-19(26)17(23)10-14/h2-11,26H,12H2,1H3,(H,24,27). The van der Waals surface area contributed by atoms with Gasteiger partial charge in [0.2, 0.25) is 5.89 Å². The fourth-order valence-corrected chi connectivity index (χ4v) is 3.13. The van der Waals surface area contributed by atoms with Crippen molar-refractivity contribution in [3.63, 3.8) is 0 Å². The number of anilines is 1. The minimum absolute atomic E-state index is 0.0906. The summed E-state index contributed by atoms with van der Waals surface area (Å²) in [6.45, 7) is 1.90. The summed E-state index contributed by atoms with van der Waals surface area (Å²) in [4.78, 5) is 16.6. The number of halogens is 1. The number of carbonyl (C=O) groups excluding carboxylic acids is 1. The van der Waals surface area contributed by atoms with Crippen molar-refractivity contribution < 1.29 is 19.1 Å². The molecule has 0 bridgehead atoms. The van der Waals surface area contributed by atoms with Crippen molar-refractivity contribution in [1.82, 2.24) is 4.98 Å². The van der Waals surface area contributed by atoms with Gasteiger partial charge in [-0.3, -0.25) is 4.79 Å². The van der Waals surface area contributed by atoms with Gasteiger partial charge in [0.1, 0.15) is 17.0 Å². The predicted octanol–water partition coefficient (Wildman–Crippen LogP) is 5.29. The fourth-order valence-electron chi connectivity index (χ4n) is 2.75. The molecule has 7 heteroatoms. The lowest BCUT2D eigenvalue weighted by Crippen LogP contribution is -2.20. The van der Waals surface area contributed by atoms with E-state index in [1.807, 2.05) is 31.2 Å². The summed E-state index contributed by atoms with van der Waals surface area (Å²) in [6.07, 6.45) is 0. The number of aryl methyl sites for hydroxylation is 1. The molecule has 1 aromatic heterocycles. The molecule has 0 saturated heterocycles. The minimum atomic E-state index is -0.267. The maximum absolute atomic E-state index is 12.2. The lowest BCUT2D eigenvalue weighted by molar-refractivity contribution is -0.118. The number of oxazole rings is 1. The Morgan fingerprint density at radius 2 is 1.93 bits per heavy atom. The molecule has 3 aromatic carbocycles. The average Bonchev–Trinajstić information content (AvgIpc) is 3.13. The van der Waals surface area contributed by atoms with Crippen molar-refractivity contribution in [3.05, 3.63) is 70.7 Å². The lowest BCUT2D eigenvalue weighted by atomic mass is 10.2. The van der Waals surface area contributed by atoms with E-state index in [2.05, 4.69) is 26.2 Å². The van der Waals surface area contributed by atoms with Crippen LogP contribution in [0.1, 0.15) is 5.56 Å². The highest BCUT2D eigenvalue weighted by Gasteiger charge is 2.12. The highest BCUT2D eigenvalue weighted by Crippen LogP contribution is 2.31. The Kier molecular flexibility index (Phi) is 5.22. The molecule has 4 aromatic rings. The molecule has 0 aliphatic carbocycles. The summed E-state index contributed by atoms with van der Waals surface area (Å²) in [5.74, 6) is 0.938. The topological polar surface area (TPSA) is 84.6 Å². The second-order valence-electron chi connectivity index (χ2n) is 6.52. The van der Waals surface area contributed by atoms with Crippen molar-refractivity contribution in [2.75, 3.05) is 11.9 Å². The zero-order valence-corrected chi connectivity index (χ0v) is 17.1. The van der Waals surface area contributed by atoms with Gasteiger partial charge in [0.25, 0.3) is 5.91 Å². The first-order valence-corrected chi connectivity index (χ1v) is 9.66. The van der Waals surface area contributed by atoms with E-state index in [0.29, 0.717) is 32.9 Å². The number of hydrogen-bond donors (Lipinski definition) is 2. The van der Waals surface area contributed by atoms with Gasteiger partial charge >= 0.3 is 0 Å². The molecule has 0 fully saturated rings. The first-order chi connectivity index (χ1) is 14.0. The molecule has 6 nitrogen and oxygen atoms in total. The van der Waals surface area contributed by atoms with Crippen LogP contribution < -0.4 is 10.1 Å². The van der Waals surface area contributed by atoms with Gasteiger partial charge in [0, 0.05) is 11.3 Å². The van der Waals surface area contributed by atoms with Crippen LogP contribution in [0.15, 0.2) is 69.6 Å². The van der Waals surface area contributed by atoms with Gasteiger partial charge in [0.15, 0.2) is 12.2 Å². The summed E-state index contributed by atoms with van der Waals surface area (Å²) < 4.78 is 11.8. The van der Waals surface area contributed by atoms with E-state index in [1.54, 1.807) is 36.4 Å². The predicted molar refractivity (Wildman–Crippen MR) is 114 cm³/mol. The molecule has 0 aliphatic rings. The Morgan fingerprint density at radius 1 is 1.14 bits per heavy atom. The Bertz CT molecular complexity index is 1190. The number of nitrogens with one attached hydrogen (secondary N) is 1. The maximum atomic E-state index is 12.2. The number of nitrogens with zero attached hydrogens (tertiary/aromatic N) is 1. The summed E-state index contributed by atoms with van der Waals surface area (Å²) in [5, 5.41) is 12.4. The second-order valence-corrected chi connectivity index (χ2v) is 7.37. The third-order valence-corrected chi connectivity index (χ3v) is 4.89. The van der Waals surface area contributed by atoms with Crippen LogP contribution in [0.3, 0.4) is 0 Å². The number of benzene rings is 3. The van der Waals surface area contributed by atoms with E-state index in [0.717, 1.165) is 11.1 Å². The molecule has 0 radical (unpaired) electrons. The van der Waals surface area contributed by atoms with Crippen molar-refractivity contribution in [3.8, 4) is 23.0 Å². The van der Waals surface area contributed by atoms with Gasteiger partial charge in [0.05, 0.1) is 4.47 Å². The number of hydrogen-bond acceptors (Lipinski definition) is 5. The highest BCUT2D eigenvalue weighted by atomic mass is 79.9. The fraction of sp³-hybridized carbons (Fsp3) is 0.0909. The van der Waals surface area contributed by atoms with Crippen LogP contribution >= 0.6 is 15.9 Å². The van der Waals surface area contributed by atoms with Crippen LogP contribution in [0.2, 0.25) is 0 Å². The Labute approximate surface area is 175 Å². The quantitative estimate of drug-likeness (QED) is 0.429. The second kappa shape index (κ2) is 7.97. The van der Waals surface area contributed by atoms with Gasteiger partial charge in [-0.25, -0.2) is 4.98 Å². The summed E-state index contributed by atoms with van der Waals surface area (Å²) in [7, 11) is 0. The van der Waals surface area contributed by atoms with Crippen molar-refractivity contribution >= 4 is 38.6 Å². The molecule has 0 unspecified atom stereocenters. The number of fused-ring (bicyclic) bond motifs is 1. The van der Waals surface area contributed by atoms with Crippen LogP contribution in [-0.4, -0.2) is 22.6 Å². The van der Waals surface area contributed by atoms with Gasteiger partial charge in [-0.2, -0.15) is 0 Å². The number of carbonyl (C=O) groups is 1. The lowest BCUT2D eigenvalue weighted by Gasteiger charge is -2.07. The SMILES string of the molecule is Cc1ccc(OCC(=O)Nc2ccc3oc(-c4ccc(O)c(Br)c4)nc3c2)cc1. The number of aromatic hydroxyl groups is 1. The summed E-state index contributed by atoms with van der Waals surface area (Å²) in [5.41, 5.74) is 3.66. The van der Waals surface area contributed by atoms with Crippen LogP contribution in [0.5, 0.6) is 11.5 Å². The van der Waals surface area contributed by atoms with Crippen LogP contribution in [-0.2, 0) is 4.79 Å². The van der Waals surface area contributed by atoms with E-state index < -0.39 is 0 Å². The zero-order valence-electron chi connectivity index (χ0n) is 15.5. The van der Waals surface area contributed by atoms with Crippen molar-refractivity contribution in [2.24, 2.45) is 0 Å². The normalized spacial score (nSPS) is 10.8. The molecule has 1 amide bonds. The molecule has 29 heavy (non-hydrogen) atoms. The first-order valence-electron chi connectivity index (χ1n) is 8.87. The van der Waals surface area contributed by atoms with E-state index >= 15 is 0 Å². The Morgan fingerprint density at radius 3 is 2.69 bits per heavy atom. The molecule has 0 aliphatic heterocycles. The van der Waals surface area contributed by atoms with Crippen LogP contribution in [0.25, 0.3) is 22.6 Å². The smallest absolute Gasteiger partial charge is 0.262 e. The summed E-state index contributed by atoms with van der Waals surface area (Å²) in [6, 6.07) is 17.7. The number of phenols is 1. The van der Waals surface area contributed by atoms with E-state index in [-0.39, 0.29) is 18.3 Å². The monoisotopic (exact) mass is 452 g/mol. The largest absolute Gasteiger partial charge is 0.507 e. The highest BCUT2D eigenvalue weighted by molar-refractivity contribution is 9.10. The number of rotatable bonds is 5. The van der Waals surface area contributed by atoms with Crippen LogP contribution in [0, 0.1) is 6.92 Å². The van der Waals surface area contributed by atoms with Crippen molar-refractivity contribution in [2.45, 2.75) is 6.92 Å². The molecule has 0 spiro atoms. The molecular formula is C22H17BrN2O4. The number of amides is 1. The van der Waals surface area contributed by atoms with Gasteiger partial charge < -0.3 is 19.6 Å². The number of ether oxygens (including phenoxy) is 1. The molecule has 2 N–H and O–H groups in total. The molecule has 0 saturated carbocycles. The van der Waals surface area contributed by atoms with Gasteiger partial charge in [-0.05, 0) is 71.4 Å². The molecular weight excluding hydrogens is 436 g/mol. The van der Waals surface area contributed by atoms with E-state index in [9.17, 15) is 9.90 Å². The van der Waals surface area contributed by atoms with E-state index in [4.69, 9.17) is 9.15 Å². The van der Waals surface area contributed by atoms with Crippen molar-refractivity contribution in [1.29, 1.82) is 0 Å². The average molecular weight is 453 g/mol. The number of aromatic nitrogens is 1. The summed E-state index contributed by atoms with van der Waals surface area (Å²) >= 11 is 3.28. The molecule has 0 atom stereocenters. The van der Waals surface area contributed by atoms with Gasteiger partial charge in [-0.1, -0.05) is 17.7 Å². The maximum Gasteiger partial charge on any atom is 0.262 e. The van der Waals surface area contributed by atoms with E-state index in [1.165, 1.54) is 0 Å². The Balaban J connectivity index is 1.46. The Hall–Kier alpha value is -3.32. The first kappa shape index (κ1) is 19.0. The third-order valence-electron chi connectivity index (χ3n) is 4.26. The minimum Gasteiger partial charge on any atom is -0.507 e. The third kappa shape index (κ3) is 4.41. The van der Waals surface area contributed by atoms with Gasteiger partial charge in [-0.15, -0.1) is 0 Å². The zero-order chi connectivity index (χ0) is 20.4. The van der Waals surface area contributed by atoms with Crippen LogP contribution in [0.4, 0.5) is 5.69 Å².